The molecule has 0 aliphatic rings. The van der Waals surface area contributed by atoms with Crippen molar-refractivity contribution in [2.75, 3.05) is 19.0 Å². The first-order valence-electron chi connectivity index (χ1n) is 6.15. The van der Waals surface area contributed by atoms with E-state index < -0.39 is 0 Å². The first-order chi connectivity index (χ1) is 9.76. The van der Waals surface area contributed by atoms with Crippen LogP contribution in [0, 0.1) is 11.3 Å². The lowest BCUT2D eigenvalue weighted by atomic mass is 10.1. The topological polar surface area (TPSA) is 62.1 Å². The van der Waals surface area contributed by atoms with Crippen molar-refractivity contribution in [3.8, 4) is 11.8 Å². The van der Waals surface area contributed by atoms with E-state index in [0.717, 1.165) is 0 Å². The molecular weight excluding hydrogens is 252 g/mol. The maximum atomic E-state index is 12.2. The van der Waals surface area contributed by atoms with Crippen LogP contribution in [0.2, 0.25) is 0 Å². The molecule has 0 fully saturated rings. The Balaban J connectivity index is 2.11. The van der Waals surface area contributed by atoms with Gasteiger partial charge in [-0.05, 0) is 24.3 Å². The molecule has 0 heterocycles. The van der Waals surface area contributed by atoms with Gasteiger partial charge < -0.3 is 10.1 Å². The van der Waals surface area contributed by atoms with Gasteiger partial charge in [0.25, 0.3) is 0 Å². The lowest BCUT2D eigenvalue weighted by molar-refractivity contribution is 0.100. The summed E-state index contributed by atoms with van der Waals surface area (Å²) in [6.07, 6.45) is 0. The molecule has 20 heavy (non-hydrogen) atoms. The quantitative estimate of drug-likeness (QED) is 0.845. The van der Waals surface area contributed by atoms with Gasteiger partial charge in [0.15, 0.2) is 5.78 Å². The fraction of sp³-hybridized carbons (Fsp3) is 0.125. The predicted octanol–water partition coefficient (Wildman–Crippen LogP) is 2.86. The fourth-order valence-corrected chi connectivity index (χ4v) is 1.88. The Morgan fingerprint density at radius 2 is 1.90 bits per heavy atom. The van der Waals surface area contributed by atoms with Gasteiger partial charge >= 0.3 is 0 Å². The highest BCUT2D eigenvalue weighted by Gasteiger charge is 2.11. The van der Waals surface area contributed by atoms with Gasteiger partial charge in [0, 0.05) is 0 Å². The van der Waals surface area contributed by atoms with Crippen LogP contribution in [0.1, 0.15) is 15.9 Å². The van der Waals surface area contributed by atoms with Gasteiger partial charge in [-0.1, -0.05) is 24.3 Å². The van der Waals surface area contributed by atoms with E-state index in [9.17, 15) is 4.79 Å². The summed E-state index contributed by atoms with van der Waals surface area (Å²) in [5, 5.41) is 12.0. The number of nitriles is 1. The van der Waals surface area contributed by atoms with Crippen LogP contribution in [0.5, 0.6) is 5.75 Å². The molecule has 0 spiro atoms. The molecule has 0 radical (unpaired) electrons. The number of hydrogen-bond donors (Lipinski definition) is 1. The average molecular weight is 266 g/mol. The lowest BCUT2D eigenvalue weighted by Crippen LogP contribution is -2.15. The molecule has 0 aromatic heterocycles. The number of ether oxygens (including phenoxy) is 1. The van der Waals surface area contributed by atoms with E-state index in [0.29, 0.717) is 22.6 Å². The number of rotatable bonds is 5. The molecule has 2 rings (SSSR count). The molecule has 100 valence electrons. The summed E-state index contributed by atoms with van der Waals surface area (Å²) in [7, 11) is 1.53. The minimum atomic E-state index is -0.0878. The molecule has 4 heteroatoms. The van der Waals surface area contributed by atoms with Crippen molar-refractivity contribution >= 4 is 11.5 Å². The SMILES string of the molecule is COc1ccccc1C(=O)CNc1ccccc1C#N. The van der Waals surface area contributed by atoms with E-state index >= 15 is 0 Å². The number of Topliss-reactive ketones (excluding diaryl/α,β-unsaturated/α-hetero) is 1. The first-order valence-corrected chi connectivity index (χ1v) is 6.15. The molecule has 0 saturated heterocycles. The maximum absolute atomic E-state index is 12.2. The van der Waals surface area contributed by atoms with Crippen molar-refractivity contribution in [3.05, 3.63) is 59.7 Å². The summed E-state index contributed by atoms with van der Waals surface area (Å²) in [5.74, 6) is 0.461. The molecule has 2 aromatic carbocycles. The number of nitrogens with one attached hydrogen (secondary N) is 1. The van der Waals surface area contributed by atoms with E-state index in [1.54, 1.807) is 36.4 Å². The molecule has 0 atom stereocenters. The molecule has 1 N–H and O–H groups in total. The summed E-state index contributed by atoms with van der Waals surface area (Å²) in [5.41, 5.74) is 1.69. The highest BCUT2D eigenvalue weighted by molar-refractivity contribution is 6.01. The van der Waals surface area contributed by atoms with Crippen LogP contribution in [0.4, 0.5) is 5.69 Å². The first kappa shape index (κ1) is 13.6. The predicted molar refractivity (Wildman–Crippen MR) is 77.0 cm³/mol. The van der Waals surface area contributed by atoms with Gasteiger partial charge in [-0.25, -0.2) is 0 Å². The third-order valence-corrected chi connectivity index (χ3v) is 2.89. The number of para-hydroxylation sites is 2. The molecule has 2 aromatic rings. The zero-order valence-corrected chi connectivity index (χ0v) is 11.1. The van der Waals surface area contributed by atoms with Gasteiger partial charge in [-0.2, -0.15) is 5.26 Å². The Bertz CT molecular complexity index is 660. The fourth-order valence-electron chi connectivity index (χ4n) is 1.88. The van der Waals surface area contributed by atoms with Crippen LogP contribution < -0.4 is 10.1 Å². The number of carbonyl (C=O) groups excluding carboxylic acids is 1. The summed E-state index contributed by atoms with van der Waals surface area (Å²) in [6.45, 7) is 0.110. The second kappa shape index (κ2) is 6.39. The Morgan fingerprint density at radius 1 is 1.20 bits per heavy atom. The zero-order chi connectivity index (χ0) is 14.4. The molecule has 0 amide bonds. The van der Waals surface area contributed by atoms with Gasteiger partial charge in [0.2, 0.25) is 0 Å². The van der Waals surface area contributed by atoms with E-state index in [1.165, 1.54) is 7.11 Å². The number of hydrogen-bond acceptors (Lipinski definition) is 4. The molecule has 0 bridgehead atoms. The van der Waals surface area contributed by atoms with E-state index in [2.05, 4.69) is 11.4 Å². The van der Waals surface area contributed by atoms with Crippen LogP contribution in [-0.2, 0) is 0 Å². The van der Waals surface area contributed by atoms with Crippen LogP contribution in [0.25, 0.3) is 0 Å². The molecule has 0 unspecified atom stereocenters. The third kappa shape index (κ3) is 2.96. The smallest absolute Gasteiger partial charge is 0.185 e. The van der Waals surface area contributed by atoms with Crippen molar-refractivity contribution < 1.29 is 9.53 Å². The van der Waals surface area contributed by atoms with Crippen molar-refractivity contribution in [1.82, 2.24) is 0 Å². The Kier molecular flexibility index (Phi) is 4.35. The number of anilines is 1. The summed E-state index contributed by atoms with van der Waals surface area (Å²) in [4.78, 5) is 12.2. The number of methoxy groups -OCH3 is 1. The van der Waals surface area contributed by atoms with Crippen molar-refractivity contribution in [1.29, 1.82) is 5.26 Å². The molecule has 0 aliphatic heterocycles. The van der Waals surface area contributed by atoms with Crippen molar-refractivity contribution in [2.45, 2.75) is 0 Å². The minimum absolute atomic E-state index is 0.0878. The number of nitrogens with zero attached hydrogens (tertiary/aromatic N) is 1. The van der Waals surface area contributed by atoms with Gasteiger partial charge in [0.05, 0.1) is 30.5 Å². The zero-order valence-electron chi connectivity index (χ0n) is 11.1. The maximum Gasteiger partial charge on any atom is 0.185 e. The largest absolute Gasteiger partial charge is 0.496 e. The molecular formula is C16H14N2O2. The van der Waals surface area contributed by atoms with Crippen molar-refractivity contribution in [3.63, 3.8) is 0 Å². The molecule has 0 saturated carbocycles. The monoisotopic (exact) mass is 266 g/mol. The Labute approximate surface area is 117 Å². The normalized spacial score (nSPS) is 9.60. The number of carbonyl (C=O) groups is 1. The van der Waals surface area contributed by atoms with Crippen LogP contribution in [0.15, 0.2) is 48.5 Å². The standard InChI is InChI=1S/C16H14N2O2/c1-20-16-9-5-3-7-13(16)15(19)11-18-14-8-4-2-6-12(14)10-17/h2-9,18H,11H2,1H3. The molecule has 0 aliphatic carbocycles. The van der Waals surface area contributed by atoms with E-state index in [4.69, 9.17) is 10.00 Å². The summed E-state index contributed by atoms with van der Waals surface area (Å²) < 4.78 is 5.16. The summed E-state index contributed by atoms with van der Waals surface area (Å²) >= 11 is 0. The summed E-state index contributed by atoms with van der Waals surface area (Å²) in [6, 6.07) is 16.2. The average Bonchev–Trinajstić information content (AvgIpc) is 2.52. The third-order valence-electron chi connectivity index (χ3n) is 2.89. The second-order valence-corrected chi connectivity index (χ2v) is 4.13. The van der Waals surface area contributed by atoms with Gasteiger partial charge in [0.1, 0.15) is 11.8 Å². The van der Waals surface area contributed by atoms with Crippen LogP contribution in [-0.4, -0.2) is 19.4 Å². The Hall–Kier alpha value is -2.80. The molecule has 4 nitrogen and oxygen atoms in total. The highest BCUT2D eigenvalue weighted by Crippen LogP contribution is 2.19. The number of ketones is 1. The van der Waals surface area contributed by atoms with E-state index in [-0.39, 0.29) is 12.3 Å². The van der Waals surface area contributed by atoms with Crippen LogP contribution in [0.3, 0.4) is 0 Å². The van der Waals surface area contributed by atoms with Gasteiger partial charge in [-0.3, -0.25) is 4.79 Å². The van der Waals surface area contributed by atoms with Crippen molar-refractivity contribution in [2.24, 2.45) is 0 Å². The minimum Gasteiger partial charge on any atom is -0.496 e. The van der Waals surface area contributed by atoms with Crippen LogP contribution >= 0.6 is 0 Å². The lowest BCUT2D eigenvalue weighted by Gasteiger charge is -2.09. The second-order valence-electron chi connectivity index (χ2n) is 4.13. The number of benzene rings is 2. The van der Waals surface area contributed by atoms with E-state index in [1.807, 2.05) is 12.1 Å². The highest BCUT2D eigenvalue weighted by atomic mass is 16.5. The van der Waals surface area contributed by atoms with Gasteiger partial charge in [-0.15, -0.1) is 0 Å². The Morgan fingerprint density at radius 3 is 2.65 bits per heavy atom.